The standard InChI is InChI=1S/C22H21N5O2/c28-18-9-5-15(6-10-18)12-27(17-7-8-17)22(29)20-11-16(24-25-20)13-26-14-23-19-3-1-2-4-21(19)26/h1-6,9-11,14,17,28H,7-8,12-13H2,(H,24,25). The van der Waals surface area contributed by atoms with Crippen LogP contribution in [0.5, 0.6) is 5.75 Å². The molecule has 1 aliphatic rings. The van der Waals surface area contributed by atoms with Gasteiger partial charge in [-0.25, -0.2) is 4.98 Å². The number of fused-ring (bicyclic) bond motifs is 1. The molecule has 1 saturated carbocycles. The predicted octanol–water partition coefficient (Wildman–Crippen LogP) is 3.32. The van der Waals surface area contributed by atoms with Crippen LogP contribution >= 0.6 is 0 Å². The molecule has 2 aromatic carbocycles. The number of hydrogen-bond donors (Lipinski definition) is 2. The van der Waals surface area contributed by atoms with Crippen molar-refractivity contribution < 1.29 is 9.90 Å². The third kappa shape index (κ3) is 3.59. The van der Waals surface area contributed by atoms with Crippen LogP contribution in [-0.4, -0.2) is 41.7 Å². The highest BCUT2D eigenvalue weighted by Gasteiger charge is 2.34. The minimum absolute atomic E-state index is 0.0708. The van der Waals surface area contributed by atoms with E-state index in [9.17, 15) is 9.90 Å². The number of nitrogens with zero attached hydrogens (tertiary/aromatic N) is 4. The van der Waals surface area contributed by atoms with Crippen molar-refractivity contribution in [2.45, 2.75) is 32.0 Å². The molecule has 0 atom stereocenters. The normalized spacial score (nSPS) is 13.7. The SMILES string of the molecule is O=C(c1cc(Cn2cnc3ccccc32)[nH]n1)N(Cc1ccc(O)cc1)C1CC1. The van der Waals surface area contributed by atoms with E-state index in [0.717, 1.165) is 35.1 Å². The highest BCUT2D eigenvalue weighted by Crippen LogP contribution is 2.30. The fourth-order valence-corrected chi connectivity index (χ4v) is 3.57. The summed E-state index contributed by atoms with van der Waals surface area (Å²) >= 11 is 0. The number of para-hydroxylation sites is 2. The minimum Gasteiger partial charge on any atom is -0.508 e. The fraction of sp³-hybridized carbons (Fsp3) is 0.227. The number of aromatic hydroxyl groups is 1. The molecule has 7 heteroatoms. The minimum atomic E-state index is -0.0708. The van der Waals surface area contributed by atoms with Gasteiger partial charge in [-0.3, -0.25) is 9.89 Å². The molecule has 2 N–H and O–H groups in total. The number of carbonyl (C=O) groups excluding carboxylic acids is 1. The predicted molar refractivity (Wildman–Crippen MR) is 108 cm³/mol. The van der Waals surface area contributed by atoms with Crippen LogP contribution in [0.15, 0.2) is 60.9 Å². The summed E-state index contributed by atoms with van der Waals surface area (Å²) in [5.74, 6) is 0.153. The lowest BCUT2D eigenvalue weighted by atomic mass is 10.2. The molecule has 1 fully saturated rings. The van der Waals surface area contributed by atoms with Gasteiger partial charge in [-0.05, 0) is 48.7 Å². The second kappa shape index (κ2) is 7.09. The Bertz CT molecular complexity index is 1160. The van der Waals surface area contributed by atoms with Crippen molar-refractivity contribution in [3.05, 3.63) is 77.9 Å². The molecule has 7 nitrogen and oxygen atoms in total. The highest BCUT2D eigenvalue weighted by molar-refractivity contribution is 5.92. The van der Waals surface area contributed by atoms with E-state index >= 15 is 0 Å². The summed E-state index contributed by atoms with van der Waals surface area (Å²) in [4.78, 5) is 19.4. The number of imidazole rings is 1. The van der Waals surface area contributed by atoms with Gasteiger partial charge in [-0.2, -0.15) is 5.10 Å². The number of aromatic amines is 1. The number of amides is 1. The fourth-order valence-electron chi connectivity index (χ4n) is 3.57. The van der Waals surface area contributed by atoms with Crippen LogP contribution in [0, 0.1) is 0 Å². The molecule has 0 spiro atoms. The summed E-state index contributed by atoms with van der Waals surface area (Å²) in [6.07, 6.45) is 3.83. The first-order valence-electron chi connectivity index (χ1n) is 9.70. The Labute approximate surface area is 167 Å². The topological polar surface area (TPSA) is 87.0 Å². The molecule has 0 saturated heterocycles. The average Bonchev–Trinajstić information content (AvgIpc) is 3.34. The Kier molecular flexibility index (Phi) is 4.27. The largest absolute Gasteiger partial charge is 0.508 e. The van der Waals surface area contributed by atoms with Gasteiger partial charge in [-0.1, -0.05) is 24.3 Å². The van der Waals surface area contributed by atoms with Gasteiger partial charge >= 0.3 is 0 Å². The molecule has 4 aromatic rings. The number of H-pyrrole nitrogens is 1. The van der Waals surface area contributed by atoms with E-state index < -0.39 is 0 Å². The summed E-state index contributed by atoms with van der Waals surface area (Å²) in [5.41, 5.74) is 4.26. The van der Waals surface area contributed by atoms with E-state index in [1.165, 1.54) is 0 Å². The molecule has 1 aliphatic carbocycles. The molecule has 0 bridgehead atoms. The van der Waals surface area contributed by atoms with Crippen molar-refractivity contribution in [2.75, 3.05) is 0 Å². The maximum atomic E-state index is 13.1. The average molecular weight is 387 g/mol. The number of rotatable bonds is 6. The molecule has 0 aliphatic heterocycles. The summed E-state index contributed by atoms with van der Waals surface area (Å²) < 4.78 is 2.03. The Morgan fingerprint density at radius 3 is 2.76 bits per heavy atom. The molecule has 0 unspecified atom stereocenters. The van der Waals surface area contributed by atoms with Crippen LogP contribution in [0.3, 0.4) is 0 Å². The second-order valence-electron chi connectivity index (χ2n) is 7.47. The van der Waals surface area contributed by atoms with Crippen LogP contribution in [0.2, 0.25) is 0 Å². The molecule has 5 rings (SSSR count). The molecule has 1 amide bonds. The van der Waals surface area contributed by atoms with Crippen LogP contribution in [0.1, 0.15) is 34.6 Å². The lowest BCUT2D eigenvalue weighted by molar-refractivity contribution is 0.0724. The number of benzene rings is 2. The van der Waals surface area contributed by atoms with E-state index in [1.54, 1.807) is 18.5 Å². The zero-order valence-corrected chi connectivity index (χ0v) is 15.8. The zero-order valence-electron chi connectivity index (χ0n) is 15.8. The quantitative estimate of drug-likeness (QED) is 0.531. The molecular weight excluding hydrogens is 366 g/mol. The first-order chi connectivity index (χ1) is 14.2. The Balaban J connectivity index is 1.34. The number of nitrogens with one attached hydrogen (secondary N) is 1. The number of phenols is 1. The van der Waals surface area contributed by atoms with Crippen LogP contribution in [0.25, 0.3) is 11.0 Å². The summed E-state index contributed by atoms with van der Waals surface area (Å²) in [6.45, 7) is 1.08. The van der Waals surface area contributed by atoms with E-state index in [1.807, 2.05) is 51.9 Å². The third-order valence-electron chi connectivity index (χ3n) is 5.26. The van der Waals surface area contributed by atoms with Crippen molar-refractivity contribution in [1.82, 2.24) is 24.6 Å². The first kappa shape index (κ1) is 17.5. The Hall–Kier alpha value is -3.61. The zero-order chi connectivity index (χ0) is 19.8. The monoisotopic (exact) mass is 387 g/mol. The summed E-state index contributed by atoms with van der Waals surface area (Å²) in [7, 11) is 0. The Morgan fingerprint density at radius 1 is 1.17 bits per heavy atom. The molecule has 146 valence electrons. The van der Waals surface area contributed by atoms with Gasteiger partial charge in [0, 0.05) is 12.6 Å². The van der Waals surface area contributed by atoms with Crippen LogP contribution in [0.4, 0.5) is 0 Å². The Morgan fingerprint density at radius 2 is 1.97 bits per heavy atom. The van der Waals surface area contributed by atoms with Gasteiger partial charge < -0.3 is 14.6 Å². The summed E-state index contributed by atoms with van der Waals surface area (Å²) in [6, 6.07) is 17.0. The van der Waals surface area contributed by atoms with Gasteiger partial charge in [-0.15, -0.1) is 0 Å². The molecule has 2 heterocycles. The van der Waals surface area contributed by atoms with Crippen molar-refractivity contribution in [3.8, 4) is 5.75 Å². The van der Waals surface area contributed by atoms with E-state index in [2.05, 4.69) is 15.2 Å². The van der Waals surface area contributed by atoms with E-state index in [0.29, 0.717) is 18.8 Å². The molecule has 29 heavy (non-hydrogen) atoms. The van der Waals surface area contributed by atoms with Crippen molar-refractivity contribution >= 4 is 16.9 Å². The lowest BCUT2D eigenvalue weighted by Crippen LogP contribution is -2.32. The highest BCUT2D eigenvalue weighted by atomic mass is 16.3. The van der Waals surface area contributed by atoms with Gasteiger partial charge in [0.05, 0.1) is 29.6 Å². The van der Waals surface area contributed by atoms with Crippen molar-refractivity contribution in [3.63, 3.8) is 0 Å². The molecule has 2 aromatic heterocycles. The number of phenolic OH excluding ortho intramolecular Hbond substituents is 1. The second-order valence-corrected chi connectivity index (χ2v) is 7.47. The maximum absolute atomic E-state index is 13.1. The molecular formula is C22H21N5O2. The van der Waals surface area contributed by atoms with Gasteiger partial charge in [0.2, 0.25) is 0 Å². The number of carbonyl (C=O) groups is 1. The summed E-state index contributed by atoms with van der Waals surface area (Å²) in [5, 5.41) is 16.7. The number of hydrogen-bond acceptors (Lipinski definition) is 4. The van der Waals surface area contributed by atoms with E-state index in [4.69, 9.17) is 0 Å². The first-order valence-corrected chi connectivity index (χ1v) is 9.70. The van der Waals surface area contributed by atoms with Gasteiger partial charge in [0.25, 0.3) is 5.91 Å². The van der Waals surface area contributed by atoms with Crippen molar-refractivity contribution in [2.24, 2.45) is 0 Å². The lowest BCUT2D eigenvalue weighted by Gasteiger charge is -2.21. The maximum Gasteiger partial charge on any atom is 0.274 e. The van der Waals surface area contributed by atoms with Crippen molar-refractivity contribution in [1.29, 1.82) is 0 Å². The van der Waals surface area contributed by atoms with Crippen LogP contribution < -0.4 is 0 Å². The van der Waals surface area contributed by atoms with Gasteiger partial charge in [0.1, 0.15) is 11.4 Å². The van der Waals surface area contributed by atoms with Gasteiger partial charge in [0.15, 0.2) is 0 Å². The smallest absolute Gasteiger partial charge is 0.274 e. The van der Waals surface area contributed by atoms with E-state index in [-0.39, 0.29) is 17.7 Å². The molecule has 0 radical (unpaired) electrons. The van der Waals surface area contributed by atoms with Crippen LogP contribution in [-0.2, 0) is 13.1 Å². The number of aromatic nitrogens is 4. The third-order valence-corrected chi connectivity index (χ3v) is 5.26.